The molecule has 0 bridgehead atoms. The van der Waals surface area contributed by atoms with Crippen molar-refractivity contribution in [3.05, 3.63) is 46.2 Å². The summed E-state index contributed by atoms with van der Waals surface area (Å²) in [7, 11) is 3.43. The number of pyridine rings is 1. The Morgan fingerprint density at radius 2 is 2.13 bits per heavy atom. The number of amides is 2. The van der Waals surface area contributed by atoms with E-state index in [2.05, 4.69) is 9.97 Å². The van der Waals surface area contributed by atoms with Gasteiger partial charge in [-0.1, -0.05) is 6.07 Å². The van der Waals surface area contributed by atoms with E-state index in [1.54, 1.807) is 38.6 Å². The number of thiazole rings is 1. The molecule has 7 heteroatoms. The van der Waals surface area contributed by atoms with Gasteiger partial charge in [-0.05, 0) is 25.0 Å². The summed E-state index contributed by atoms with van der Waals surface area (Å²) in [6.45, 7) is 0.691. The average Bonchev–Trinajstić information content (AvgIpc) is 3.23. The average molecular weight is 330 g/mol. The molecule has 2 aromatic heterocycles. The molecule has 0 N–H and O–H groups in total. The first-order chi connectivity index (χ1) is 11.1. The van der Waals surface area contributed by atoms with Crippen LogP contribution in [0.15, 0.2) is 30.6 Å². The minimum absolute atomic E-state index is 0.0608. The Balaban J connectivity index is 1.82. The lowest BCUT2D eigenvalue weighted by Gasteiger charge is -2.22. The number of aromatic nitrogens is 2. The second-order valence-electron chi connectivity index (χ2n) is 5.63. The highest BCUT2D eigenvalue weighted by molar-refractivity contribution is 7.13. The van der Waals surface area contributed by atoms with Gasteiger partial charge in [0.05, 0.1) is 12.2 Å². The lowest BCUT2D eigenvalue weighted by molar-refractivity contribution is 0.0729. The molecular weight excluding hydrogens is 312 g/mol. The minimum Gasteiger partial charge on any atom is -0.344 e. The quantitative estimate of drug-likeness (QED) is 0.865. The summed E-state index contributed by atoms with van der Waals surface area (Å²) >= 11 is 1.37. The van der Waals surface area contributed by atoms with E-state index in [1.165, 1.54) is 16.2 Å². The van der Waals surface area contributed by atoms with Crippen LogP contribution < -0.4 is 0 Å². The van der Waals surface area contributed by atoms with Crippen LogP contribution in [0.2, 0.25) is 0 Å². The molecule has 0 saturated carbocycles. The third-order valence-corrected chi connectivity index (χ3v) is 4.91. The van der Waals surface area contributed by atoms with Gasteiger partial charge in [0.25, 0.3) is 11.8 Å². The van der Waals surface area contributed by atoms with Crippen molar-refractivity contribution < 1.29 is 9.59 Å². The Morgan fingerprint density at radius 3 is 2.83 bits per heavy atom. The first-order valence-electron chi connectivity index (χ1n) is 7.47. The lowest BCUT2D eigenvalue weighted by Crippen LogP contribution is -2.31. The van der Waals surface area contributed by atoms with Crippen LogP contribution in [-0.2, 0) is 0 Å². The van der Waals surface area contributed by atoms with E-state index in [0.717, 1.165) is 17.8 Å². The van der Waals surface area contributed by atoms with Crippen LogP contribution in [0, 0.1) is 0 Å². The van der Waals surface area contributed by atoms with Crippen LogP contribution in [0.1, 0.15) is 44.1 Å². The van der Waals surface area contributed by atoms with E-state index in [-0.39, 0.29) is 17.9 Å². The van der Waals surface area contributed by atoms with Gasteiger partial charge in [-0.3, -0.25) is 14.6 Å². The maximum atomic E-state index is 12.6. The number of likely N-dealkylation sites (tertiary alicyclic amines) is 1. The maximum Gasteiger partial charge on any atom is 0.273 e. The Labute approximate surface area is 138 Å². The molecule has 1 fully saturated rings. The van der Waals surface area contributed by atoms with Crippen LogP contribution in [0.25, 0.3) is 0 Å². The molecule has 0 spiro atoms. The van der Waals surface area contributed by atoms with Crippen molar-refractivity contribution in [3.8, 4) is 0 Å². The fraction of sp³-hybridized carbons (Fsp3) is 0.375. The zero-order valence-electron chi connectivity index (χ0n) is 13.1. The third-order valence-electron chi connectivity index (χ3n) is 3.82. The van der Waals surface area contributed by atoms with Crippen LogP contribution in [-0.4, -0.2) is 52.2 Å². The molecule has 3 rings (SSSR count). The molecule has 1 atom stereocenters. The summed E-state index contributed by atoms with van der Waals surface area (Å²) < 4.78 is 0. The first-order valence-corrected chi connectivity index (χ1v) is 8.29. The van der Waals surface area contributed by atoms with Crippen molar-refractivity contribution in [1.82, 2.24) is 19.8 Å². The van der Waals surface area contributed by atoms with Crippen LogP contribution >= 0.6 is 11.3 Å². The Kier molecular flexibility index (Phi) is 4.38. The minimum atomic E-state index is -0.0798. The number of carbonyl (C=O) groups excluding carboxylic acids is 2. The second kappa shape index (κ2) is 6.45. The topological polar surface area (TPSA) is 66.4 Å². The molecule has 2 amide bonds. The van der Waals surface area contributed by atoms with Gasteiger partial charge in [0.2, 0.25) is 0 Å². The van der Waals surface area contributed by atoms with Gasteiger partial charge in [0.1, 0.15) is 15.6 Å². The van der Waals surface area contributed by atoms with Gasteiger partial charge in [-0.2, -0.15) is 0 Å². The first kappa shape index (κ1) is 15.6. The van der Waals surface area contributed by atoms with Crippen LogP contribution in [0.4, 0.5) is 0 Å². The molecular formula is C16H18N4O2S. The Bertz CT molecular complexity index is 714. The van der Waals surface area contributed by atoms with Gasteiger partial charge < -0.3 is 9.80 Å². The van der Waals surface area contributed by atoms with Crippen molar-refractivity contribution in [3.63, 3.8) is 0 Å². The monoisotopic (exact) mass is 330 g/mol. The SMILES string of the molecule is CN(C)C(=O)c1cnc([C@H]2CCCN2C(=O)c2ccccn2)s1. The third kappa shape index (κ3) is 3.10. The molecule has 2 aromatic rings. The number of nitrogens with zero attached hydrogens (tertiary/aromatic N) is 4. The summed E-state index contributed by atoms with van der Waals surface area (Å²) in [5, 5.41) is 0.817. The predicted octanol–water partition coefficient (Wildman–Crippen LogP) is 2.22. The molecule has 1 aliphatic rings. The van der Waals surface area contributed by atoms with Crippen LogP contribution in [0.5, 0.6) is 0 Å². The molecule has 0 radical (unpaired) electrons. The standard InChI is InChI=1S/C16H18N4O2S/c1-19(2)16(22)13-10-18-14(23-13)12-7-5-9-20(12)15(21)11-6-3-4-8-17-11/h3-4,6,8,10,12H,5,7,9H2,1-2H3/t12-/m1/s1. The number of hydrogen-bond donors (Lipinski definition) is 0. The van der Waals surface area contributed by atoms with E-state index >= 15 is 0 Å². The van der Waals surface area contributed by atoms with E-state index in [4.69, 9.17) is 0 Å². The van der Waals surface area contributed by atoms with Crippen LogP contribution in [0.3, 0.4) is 0 Å². The van der Waals surface area contributed by atoms with E-state index < -0.39 is 0 Å². The van der Waals surface area contributed by atoms with Crippen molar-refractivity contribution in [2.24, 2.45) is 0 Å². The molecule has 6 nitrogen and oxygen atoms in total. The summed E-state index contributed by atoms with van der Waals surface area (Å²) in [4.78, 5) is 37.1. The smallest absolute Gasteiger partial charge is 0.273 e. The number of carbonyl (C=O) groups is 2. The molecule has 1 saturated heterocycles. The van der Waals surface area contributed by atoms with E-state index in [9.17, 15) is 9.59 Å². The van der Waals surface area contributed by atoms with Gasteiger partial charge >= 0.3 is 0 Å². The maximum absolute atomic E-state index is 12.6. The normalized spacial score (nSPS) is 17.3. The molecule has 120 valence electrons. The van der Waals surface area contributed by atoms with E-state index in [1.807, 2.05) is 11.0 Å². The second-order valence-corrected chi connectivity index (χ2v) is 6.70. The zero-order chi connectivity index (χ0) is 16.4. The van der Waals surface area contributed by atoms with E-state index in [0.29, 0.717) is 17.1 Å². The molecule has 1 aliphatic heterocycles. The summed E-state index contributed by atoms with van der Waals surface area (Å²) in [5.41, 5.74) is 0.445. The highest BCUT2D eigenvalue weighted by Gasteiger charge is 2.33. The summed E-state index contributed by atoms with van der Waals surface area (Å²) in [6, 6.07) is 5.25. The van der Waals surface area contributed by atoms with Gasteiger partial charge in [0, 0.05) is 26.8 Å². The van der Waals surface area contributed by atoms with Crippen molar-refractivity contribution in [2.75, 3.05) is 20.6 Å². The Morgan fingerprint density at radius 1 is 1.30 bits per heavy atom. The Hall–Kier alpha value is -2.28. The molecule has 0 aliphatic carbocycles. The number of hydrogen-bond acceptors (Lipinski definition) is 5. The summed E-state index contributed by atoms with van der Waals surface area (Å²) in [6.07, 6.45) is 5.01. The lowest BCUT2D eigenvalue weighted by atomic mass is 10.2. The fourth-order valence-corrected chi connectivity index (χ4v) is 3.75. The van der Waals surface area contributed by atoms with Crippen molar-refractivity contribution in [1.29, 1.82) is 0 Å². The molecule has 3 heterocycles. The fourth-order valence-electron chi connectivity index (χ4n) is 2.66. The number of rotatable bonds is 3. The predicted molar refractivity (Wildman–Crippen MR) is 87.4 cm³/mol. The van der Waals surface area contributed by atoms with Gasteiger partial charge in [-0.25, -0.2) is 4.98 Å². The highest BCUT2D eigenvalue weighted by atomic mass is 32.1. The summed E-state index contributed by atoms with van der Waals surface area (Å²) in [5.74, 6) is -0.141. The van der Waals surface area contributed by atoms with Crippen molar-refractivity contribution >= 4 is 23.2 Å². The zero-order valence-corrected chi connectivity index (χ0v) is 13.9. The molecule has 0 unspecified atom stereocenters. The van der Waals surface area contributed by atoms with Crippen molar-refractivity contribution in [2.45, 2.75) is 18.9 Å². The highest BCUT2D eigenvalue weighted by Crippen LogP contribution is 2.35. The van der Waals surface area contributed by atoms with Gasteiger partial charge in [-0.15, -0.1) is 11.3 Å². The molecule has 0 aromatic carbocycles. The van der Waals surface area contributed by atoms with Gasteiger partial charge in [0.15, 0.2) is 0 Å². The largest absolute Gasteiger partial charge is 0.344 e. The molecule has 23 heavy (non-hydrogen) atoms.